The molecule has 21 heavy (non-hydrogen) atoms. The molecule has 1 N–H and O–H groups in total. The van der Waals surface area contributed by atoms with Crippen LogP contribution in [0.2, 0.25) is 0 Å². The van der Waals surface area contributed by atoms with Crippen molar-refractivity contribution in [1.29, 1.82) is 0 Å². The SMILES string of the molecule is CC[C@]1(O)CCC[C@H]2CN(C(=O)CCc3ccsc3)C[C@H]21. The molecule has 0 bridgehead atoms. The lowest BCUT2D eigenvalue weighted by molar-refractivity contribution is -0.130. The third-order valence-corrected chi connectivity index (χ3v) is 6.22. The van der Waals surface area contributed by atoms with Crippen molar-refractivity contribution in [3.63, 3.8) is 0 Å². The highest BCUT2D eigenvalue weighted by molar-refractivity contribution is 7.07. The van der Waals surface area contributed by atoms with Crippen molar-refractivity contribution in [2.45, 2.75) is 51.0 Å². The summed E-state index contributed by atoms with van der Waals surface area (Å²) in [7, 11) is 0. The molecule has 1 saturated carbocycles. The quantitative estimate of drug-likeness (QED) is 0.928. The molecular weight excluding hydrogens is 282 g/mol. The lowest BCUT2D eigenvalue weighted by atomic mass is 9.69. The summed E-state index contributed by atoms with van der Waals surface area (Å²) in [6, 6.07) is 2.09. The Morgan fingerprint density at radius 3 is 3.10 bits per heavy atom. The first-order valence-corrected chi connectivity index (χ1v) is 9.08. The van der Waals surface area contributed by atoms with Gasteiger partial charge in [0.1, 0.15) is 0 Å². The van der Waals surface area contributed by atoms with Gasteiger partial charge in [-0.1, -0.05) is 13.3 Å². The van der Waals surface area contributed by atoms with E-state index in [1.54, 1.807) is 11.3 Å². The van der Waals surface area contributed by atoms with Crippen molar-refractivity contribution in [2.75, 3.05) is 13.1 Å². The number of thiophene rings is 1. The van der Waals surface area contributed by atoms with E-state index in [4.69, 9.17) is 0 Å². The lowest BCUT2D eigenvalue weighted by Gasteiger charge is -2.40. The van der Waals surface area contributed by atoms with E-state index < -0.39 is 5.60 Å². The number of aliphatic hydroxyl groups is 1. The monoisotopic (exact) mass is 307 g/mol. The number of carbonyl (C=O) groups is 1. The van der Waals surface area contributed by atoms with Gasteiger partial charge in [-0.25, -0.2) is 0 Å². The van der Waals surface area contributed by atoms with Crippen LogP contribution >= 0.6 is 11.3 Å². The third kappa shape index (κ3) is 3.02. The molecule has 1 aromatic rings. The van der Waals surface area contributed by atoms with Crippen LogP contribution in [-0.4, -0.2) is 34.6 Å². The zero-order valence-corrected chi connectivity index (χ0v) is 13.6. The highest BCUT2D eigenvalue weighted by atomic mass is 32.1. The average Bonchev–Trinajstić information content (AvgIpc) is 3.14. The second-order valence-electron chi connectivity index (χ2n) is 6.65. The third-order valence-electron chi connectivity index (χ3n) is 5.49. The minimum absolute atomic E-state index is 0.258. The van der Waals surface area contributed by atoms with Crippen molar-refractivity contribution in [3.05, 3.63) is 22.4 Å². The molecule has 1 aliphatic heterocycles. The Hall–Kier alpha value is -0.870. The van der Waals surface area contributed by atoms with Gasteiger partial charge in [0.25, 0.3) is 0 Å². The highest BCUT2D eigenvalue weighted by Gasteiger charge is 2.48. The highest BCUT2D eigenvalue weighted by Crippen LogP contribution is 2.44. The van der Waals surface area contributed by atoms with Crippen LogP contribution in [0.3, 0.4) is 0 Å². The number of likely N-dealkylation sites (tertiary alicyclic amines) is 1. The molecule has 2 aliphatic rings. The number of fused-ring (bicyclic) bond motifs is 1. The first-order valence-electron chi connectivity index (χ1n) is 8.13. The minimum Gasteiger partial charge on any atom is -0.390 e. The average molecular weight is 307 g/mol. The van der Waals surface area contributed by atoms with Gasteiger partial charge in [-0.05, 0) is 54.0 Å². The van der Waals surface area contributed by atoms with E-state index in [0.717, 1.165) is 38.8 Å². The normalized spacial score (nSPS) is 32.2. The van der Waals surface area contributed by atoms with Crippen LogP contribution in [0, 0.1) is 11.8 Å². The molecule has 1 aliphatic carbocycles. The topological polar surface area (TPSA) is 40.5 Å². The number of aryl methyl sites for hydroxylation is 1. The molecule has 1 amide bonds. The summed E-state index contributed by atoms with van der Waals surface area (Å²) in [4.78, 5) is 14.4. The number of nitrogens with zero attached hydrogens (tertiary/aromatic N) is 1. The second-order valence-corrected chi connectivity index (χ2v) is 7.43. The molecule has 4 heteroatoms. The summed E-state index contributed by atoms with van der Waals surface area (Å²) >= 11 is 1.68. The Kier molecular flexibility index (Phi) is 4.36. The summed E-state index contributed by atoms with van der Waals surface area (Å²) in [5, 5.41) is 15.0. The van der Waals surface area contributed by atoms with Crippen LogP contribution in [-0.2, 0) is 11.2 Å². The maximum absolute atomic E-state index is 12.4. The van der Waals surface area contributed by atoms with Crippen LogP contribution in [0.15, 0.2) is 16.8 Å². The predicted octanol–water partition coefficient (Wildman–Crippen LogP) is 3.08. The van der Waals surface area contributed by atoms with Crippen LogP contribution in [0.25, 0.3) is 0 Å². The van der Waals surface area contributed by atoms with E-state index in [9.17, 15) is 9.90 Å². The van der Waals surface area contributed by atoms with Crippen molar-refractivity contribution >= 4 is 17.2 Å². The van der Waals surface area contributed by atoms with E-state index in [2.05, 4.69) is 23.8 Å². The summed E-state index contributed by atoms with van der Waals surface area (Å²) in [5.74, 6) is 1.06. The number of amides is 1. The predicted molar refractivity (Wildman–Crippen MR) is 85.3 cm³/mol. The van der Waals surface area contributed by atoms with E-state index in [0.29, 0.717) is 18.3 Å². The first kappa shape index (κ1) is 15.0. The van der Waals surface area contributed by atoms with Gasteiger partial charge in [-0.3, -0.25) is 4.79 Å². The van der Waals surface area contributed by atoms with Crippen molar-refractivity contribution in [2.24, 2.45) is 11.8 Å². The van der Waals surface area contributed by atoms with Crippen molar-refractivity contribution in [1.82, 2.24) is 4.90 Å². The molecule has 3 nitrogen and oxygen atoms in total. The molecule has 3 atom stereocenters. The minimum atomic E-state index is -0.536. The molecule has 1 aromatic heterocycles. The summed E-state index contributed by atoms with van der Waals surface area (Å²) in [5.41, 5.74) is 0.723. The van der Waals surface area contributed by atoms with Crippen LogP contribution in [0.1, 0.15) is 44.6 Å². The summed E-state index contributed by atoms with van der Waals surface area (Å²) in [6.07, 6.45) is 5.42. The fraction of sp³-hybridized carbons (Fsp3) is 0.706. The van der Waals surface area contributed by atoms with E-state index in [1.807, 2.05) is 4.90 Å². The summed E-state index contributed by atoms with van der Waals surface area (Å²) in [6.45, 7) is 3.69. The van der Waals surface area contributed by atoms with E-state index >= 15 is 0 Å². The number of carbonyl (C=O) groups excluding carboxylic acids is 1. The Morgan fingerprint density at radius 1 is 1.52 bits per heavy atom. The molecule has 0 unspecified atom stereocenters. The van der Waals surface area contributed by atoms with Gasteiger partial charge in [-0.2, -0.15) is 11.3 Å². The van der Waals surface area contributed by atoms with Crippen molar-refractivity contribution in [3.8, 4) is 0 Å². The van der Waals surface area contributed by atoms with Gasteiger partial charge in [-0.15, -0.1) is 0 Å². The fourth-order valence-corrected chi connectivity index (χ4v) is 4.82. The molecule has 1 saturated heterocycles. The van der Waals surface area contributed by atoms with Gasteiger partial charge < -0.3 is 10.0 Å². The van der Waals surface area contributed by atoms with Gasteiger partial charge in [0.15, 0.2) is 0 Å². The van der Waals surface area contributed by atoms with E-state index in [1.165, 1.54) is 12.0 Å². The Balaban J connectivity index is 1.59. The molecule has 3 rings (SSSR count). The van der Waals surface area contributed by atoms with Gasteiger partial charge >= 0.3 is 0 Å². The number of rotatable bonds is 4. The van der Waals surface area contributed by atoms with Gasteiger partial charge in [0.05, 0.1) is 5.60 Å². The summed E-state index contributed by atoms with van der Waals surface area (Å²) < 4.78 is 0. The zero-order chi connectivity index (χ0) is 14.9. The van der Waals surface area contributed by atoms with Gasteiger partial charge in [0.2, 0.25) is 5.91 Å². The molecule has 2 heterocycles. The first-order chi connectivity index (χ1) is 10.1. The zero-order valence-electron chi connectivity index (χ0n) is 12.8. The standard InChI is InChI=1S/C17H25NO2S/c1-2-17(20)8-3-4-14-10-18(11-15(14)17)16(19)6-5-13-7-9-21-12-13/h7,9,12,14-15,20H,2-6,8,10-11H2,1H3/t14-,15+,17-/m0/s1. The molecule has 2 fully saturated rings. The van der Waals surface area contributed by atoms with Crippen molar-refractivity contribution < 1.29 is 9.90 Å². The number of hydrogen-bond acceptors (Lipinski definition) is 3. The maximum atomic E-state index is 12.4. The lowest BCUT2D eigenvalue weighted by Crippen LogP contribution is -2.44. The Labute approximate surface area is 131 Å². The maximum Gasteiger partial charge on any atom is 0.222 e. The smallest absolute Gasteiger partial charge is 0.222 e. The molecule has 0 spiro atoms. The molecule has 0 radical (unpaired) electrons. The van der Waals surface area contributed by atoms with Crippen LogP contribution in [0.4, 0.5) is 0 Å². The molecule has 116 valence electrons. The largest absolute Gasteiger partial charge is 0.390 e. The van der Waals surface area contributed by atoms with Crippen LogP contribution < -0.4 is 0 Å². The van der Waals surface area contributed by atoms with Gasteiger partial charge in [0, 0.05) is 25.4 Å². The molecular formula is C17H25NO2S. The fourth-order valence-electron chi connectivity index (χ4n) is 4.12. The Bertz CT molecular complexity index is 487. The Morgan fingerprint density at radius 2 is 2.38 bits per heavy atom. The second kappa shape index (κ2) is 6.09. The molecule has 0 aromatic carbocycles. The van der Waals surface area contributed by atoms with Crippen LogP contribution in [0.5, 0.6) is 0 Å². The number of hydrogen-bond donors (Lipinski definition) is 1. The van der Waals surface area contributed by atoms with E-state index in [-0.39, 0.29) is 5.91 Å².